The van der Waals surface area contributed by atoms with Crippen molar-refractivity contribution in [2.45, 2.75) is 19.4 Å². The zero-order valence-corrected chi connectivity index (χ0v) is 15.2. The van der Waals surface area contributed by atoms with Gasteiger partial charge in [-0.05, 0) is 30.0 Å². The summed E-state index contributed by atoms with van der Waals surface area (Å²) in [5.41, 5.74) is 3.20. The molecular formula is C22H20N2O4. The zero-order valence-electron chi connectivity index (χ0n) is 15.2. The Bertz CT molecular complexity index is 958. The van der Waals surface area contributed by atoms with E-state index in [2.05, 4.69) is 5.32 Å². The summed E-state index contributed by atoms with van der Waals surface area (Å²) in [7, 11) is 0. The van der Waals surface area contributed by atoms with Gasteiger partial charge >= 0.3 is 6.09 Å². The molecule has 0 heterocycles. The summed E-state index contributed by atoms with van der Waals surface area (Å²) in [5.74, 6) is 0. The topological polar surface area (TPSA) is 81.5 Å². The third-order valence-corrected chi connectivity index (χ3v) is 4.32. The van der Waals surface area contributed by atoms with Gasteiger partial charge in [-0.1, -0.05) is 66.7 Å². The highest BCUT2D eigenvalue weighted by molar-refractivity contribution is 5.85. The van der Waals surface area contributed by atoms with Gasteiger partial charge in [0, 0.05) is 17.3 Å². The van der Waals surface area contributed by atoms with Gasteiger partial charge in [0.05, 0.1) is 4.92 Å². The minimum absolute atomic E-state index is 0.107. The third kappa shape index (κ3) is 5.17. The lowest BCUT2D eigenvalue weighted by molar-refractivity contribution is -0.385. The fourth-order valence-corrected chi connectivity index (χ4v) is 2.90. The predicted molar refractivity (Wildman–Crippen MR) is 107 cm³/mol. The lowest BCUT2D eigenvalue weighted by Crippen LogP contribution is -2.15. The Hall–Kier alpha value is -3.67. The molecule has 3 aromatic rings. The van der Waals surface area contributed by atoms with Crippen LogP contribution < -0.4 is 5.32 Å². The maximum Gasteiger partial charge on any atom is 0.411 e. The van der Waals surface area contributed by atoms with Gasteiger partial charge in [-0.2, -0.15) is 0 Å². The van der Waals surface area contributed by atoms with Crippen LogP contribution in [0.15, 0.2) is 78.9 Å². The van der Waals surface area contributed by atoms with Crippen LogP contribution >= 0.6 is 0 Å². The van der Waals surface area contributed by atoms with E-state index in [-0.39, 0.29) is 17.2 Å². The molecule has 0 aliphatic rings. The number of hydrogen-bond acceptors (Lipinski definition) is 4. The molecule has 0 fully saturated rings. The largest absolute Gasteiger partial charge is 0.444 e. The lowest BCUT2D eigenvalue weighted by atomic mass is 10.0. The molecule has 142 valence electrons. The molecule has 3 rings (SSSR count). The van der Waals surface area contributed by atoms with E-state index in [1.807, 2.05) is 48.5 Å². The summed E-state index contributed by atoms with van der Waals surface area (Å²) in [6.07, 6.45) is 0.511. The van der Waals surface area contributed by atoms with Gasteiger partial charge in [0.2, 0.25) is 0 Å². The number of nitrogens with one attached hydrogen (secondary N) is 1. The van der Waals surface area contributed by atoms with E-state index >= 15 is 0 Å². The lowest BCUT2D eigenvalue weighted by Gasteiger charge is -2.12. The summed E-state index contributed by atoms with van der Waals surface area (Å²) < 4.78 is 5.26. The Kier molecular flexibility index (Phi) is 6.36. The van der Waals surface area contributed by atoms with Crippen molar-refractivity contribution >= 4 is 17.5 Å². The molecule has 0 unspecified atom stereocenters. The molecule has 0 saturated heterocycles. The van der Waals surface area contributed by atoms with Gasteiger partial charge in [0.15, 0.2) is 0 Å². The Morgan fingerprint density at radius 2 is 1.46 bits per heavy atom. The number of ether oxygens (including phenoxy) is 1. The molecular weight excluding hydrogens is 356 g/mol. The van der Waals surface area contributed by atoms with Gasteiger partial charge in [-0.15, -0.1) is 0 Å². The Morgan fingerprint density at radius 3 is 2.21 bits per heavy atom. The van der Waals surface area contributed by atoms with Crippen LogP contribution in [0.3, 0.4) is 0 Å². The van der Waals surface area contributed by atoms with Crippen molar-refractivity contribution in [3.8, 4) is 0 Å². The Labute approximate surface area is 162 Å². The van der Waals surface area contributed by atoms with Crippen LogP contribution in [0.25, 0.3) is 0 Å². The first-order chi connectivity index (χ1) is 13.6. The molecule has 6 heteroatoms. The third-order valence-electron chi connectivity index (χ3n) is 4.32. The van der Waals surface area contributed by atoms with Crippen LogP contribution in [0.2, 0.25) is 0 Å². The highest BCUT2D eigenvalue weighted by Crippen LogP contribution is 2.22. The number of hydrogen-bond donors (Lipinski definition) is 1. The molecule has 0 aliphatic carbocycles. The molecule has 0 radical (unpaired) electrons. The minimum atomic E-state index is -0.540. The van der Waals surface area contributed by atoms with Crippen molar-refractivity contribution in [1.82, 2.24) is 0 Å². The van der Waals surface area contributed by atoms with Crippen molar-refractivity contribution in [1.29, 1.82) is 0 Å². The number of carbonyl (C=O) groups is 1. The van der Waals surface area contributed by atoms with Gasteiger partial charge in [0.25, 0.3) is 5.69 Å². The highest BCUT2D eigenvalue weighted by Gasteiger charge is 2.13. The average Bonchev–Trinajstić information content (AvgIpc) is 2.72. The maximum atomic E-state index is 12.1. The van der Waals surface area contributed by atoms with Crippen molar-refractivity contribution in [3.05, 3.63) is 106 Å². The number of amides is 1. The molecule has 0 aliphatic heterocycles. The van der Waals surface area contributed by atoms with E-state index in [1.165, 1.54) is 6.07 Å². The molecule has 0 bridgehead atoms. The standard InChI is InChI=1S/C22H20N2O4/c25-22(28-16-17-8-2-1-3-9-17)23-20-12-6-4-10-18(20)14-15-19-11-5-7-13-21(19)24(26)27/h1-13H,14-16H2,(H,23,25). The number of para-hydroxylation sites is 2. The smallest absolute Gasteiger partial charge is 0.411 e. The SMILES string of the molecule is O=C(Nc1ccccc1CCc1ccccc1[N+](=O)[O-])OCc1ccccc1. The first kappa shape index (κ1) is 19.1. The van der Waals surface area contributed by atoms with Crippen molar-refractivity contribution in [3.63, 3.8) is 0 Å². The summed E-state index contributed by atoms with van der Waals surface area (Å²) in [6, 6.07) is 23.5. The molecule has 3 aromatic carbocycles. The van der Waals surface area contributed by atoms with Gasteiger partial charge in [0.1, 0.15) is 6.61 Å². The van der Waals surface area contributed by atoms with E-state index in [9.17, 15) is 14.9 Å². The van der Waals surface area contributed by atoms with E-state index in [0.29, 0.717) is 24.1 Å². The van der Waals surface area contributed by atoms with Gasteiger partial charge in [-0.3, -0.25) is 15.4 Å². The van der Waals surface area contributed by atoms with Crippen LogP contribution in [0, 0.1) is 10.1 Å². The van der Waals surface area contributed by atoms with Gasteiger partial charge in [-0.25, -0.2) is 4.79 Å². The van der Waals surface area contributed by atoms with Crippen LogP contribution in [0.4, 0.5) is 16.2 Å². The van der Waals surface area contributed by atoms with Crippen LogP contribution in [0.5, 0.6) is 0 Å². The number of aryl methyl sites for hydroxylation is 2. The Morgan fingerprint density at radius 1 is 0.857 bits per heavy atom. The number of benzene rings is 3. The van der Waals surface area contributed by atoms with Crippen molar-refractivity contribution in [2.24, 2.45) is 0 Å². The number of nitro groups is 1. The fraction of sp³-hybridized carbons (Fsp3) is 0.136. The molecule has 0 atom stereocenters. The second-order valence-corrected chi connectivity index (χ2v) is 6.23. The first-order valence-electron chi connectivity index (χ1n) is 8.91. The fourth-order valence-electron chi connectivity index (χ4n) is 2.90. The van der Waals surface area contributed by atoms with Crippen molar-refractivity contribution in [2.75, 3.05) is 5.32 Å². The number of rotatable bonds is 7. The monoisotopic (exact) mass is 376 g/mol. The van der Waals surface area contributed by atoms with E-state index in [1.54, 1.807) is 24.3 Å². The second kappa shape index (κ2) is 9.32. The second-order valence-electron chi connectivity index (χ2n) is 6.23. The molecule has 0 spiro atoms. The van der Waals surface area contributed by atoms with E-state index < -0.39 is 6.09 Å². The van der Waals surface area contributed by atoms with Crippen LogP contribution in [0.1, 0.15) is 16.7 Å². The number of nitrogens with zero attached hydrogens (tertiary/aromatic N) is 1. The Balaban J connectivity index is 1.63. The maximum absolute atomic E-state index is 12.1. The molecule has 0 aromatic heterocycles. The molecule has 28 heavy (non-hydrogen) atoms. The van der Waals surface area contributed by atoms with E-state index in [0.717, 1.165) is 11.1 Å². The number of carbonyl (C=O) groups excluding carboxylic acids is 1. The highest BCUT2D eigenvalue weighted by atomic mass is 16.6. The van der Waals surface area contributed by atoms with E-state index in [4.69, 9.17) is 4.74 Å². The van der Waals surface area contributed by atoms with Crippen molar-refractivity contribution < 1.29 is 14.5 Å². The molecule has 0 saturated carbocycles. The molecule has 6 nitrogen and oxygen atoms in total. The normalized spacial score (nSPS) is 10.3. The summed E-state index contributed by atoms with van der Waals surface area (Å²) in [4.78, 5) is 22.9. The summed E-state index contributed by atoms with van der Waals surface area (Å²) in [6.45, 7) is 0.186. The average molecular weight is 376 g/mol. The number of anilines is 1. The molecule has 1 N–H and O–H groups in total. The predicted octanol–water partition coefficient (Wildman–Crippen LogP) is 5.13. The van der Waals surface area contributed by atoms with Crippen LogP contribution in [-0.2, 0) is 24.2 Å². The first-order valence-corrected chi connectivity index (χ1v) is 8.91. The minimum Gasteiger partial charge on any atom is -0.444 e. The number of nitro benzene ring substituents is 1. The van der Waals surface area contributed by atoms with Gasteiger partial charge < -0.3 is 4.74 Å². The quantitative estimate of drug-likeness (QED) is 0.458. The molecule has 1 amide bonds. The zero-order chi connectivity index (χ0) is 19.8. The summed E-state index contributed by atoms with van der Waals surface area (Å²) >= 11 is 0. The van der Waals surface area contributed by atoms with Crippen LogP contribution in [-0.4, -0.2) is 11.0 Å². The summed E-state index contributed by atoms with van der Waals surface area (Å²) in [5, 5.41) is 13.9.